The molecule has 0 saturated heterocycles. The predicted octanol–water partition coefficient (Wildman–Crippen LogP) is -8.06. The molecule has 8 N–H and O–H groups in total. The van der Waals surface area contributed by atoms with Crippen LogP contribution in [-0.2, 0) is 0 Å². The van der Waals surface area contributed by atoms with Crippen molar-refractivity contribution in [2.45, 2.75) is 0 Å². The lowest BCUT2D eigenvalue weighted by Gasteiger charge is -1.76. The molecule has 0 spiro atoms. The lowest BCUT2D eigenvalue weighted by Crippen LogP contribution is -3.00. The van der Waals surface area contributed by atoms with E-state index in [1.807, 2.05) is 122 Å². The van der Waals surface area contributed by atoms with Crippen LogP contribution in [0.25, 0.3) is 44.1 Å². The van der Waals surface area contributed by atoms with E-state index in [9.17, 15) is 0 Å². The first-order chi connectivity index (χ1) is 17.9. The van der Waals surface area contributed by atoms with E-state index in [0.717, 1.165) is 44.1 Å². The summed E-state index contributed by atoms with van der Waals surface area (Å²) in [7, 11) is 0. The zero-order chi connectivity index (χ0) is 24.4. The van der Waals surface area contributed by atoms with Crippen molar-refractivity contribution in [1.82, 2.24) is 19.9 Å². The van der Waals surface area contributed by atoms with Crippen LogP contribution in [0, 0.1) is 0 Å². The minimum absolute atomic E-state index is 0. The van der Waals surface area contributed by atoms with Crippen molar-refractivity contribution in [2.75, 3.05) is 0 Å². The van der Waals surface area contributed by atoms with Crippen molar-refractivity contribution in [1.29, 1.82) is 0 Å². The van der Waals surface area contributed by atoms with Crippen LogP contribution in [-0.4, -0.2) is 19.9 Å². The van der Waals surface area contributed by atoms with Crippen LogP contribution < -0.4 is 116 Å². The molecular weight excluding hydrogens is 956 g/mol. The van der Waals surface area contributed by atoms with Gasteiger partial charge in [-0.2, -0.15) is 0 Å². The highest BCUT2D eigenvalue weighted by Gasteiger charge is 1.97. The molecule has 0 atom stereocenters. The second kappa shape index (κ2) is 18.9. The fourth-order valence-corrected chi connectivity index (χ4v) is 3.71. The molecule has 208 valence electrons. The predicted molar refractivity (Wildman–Crippen MR) is 139 cm³/mol. The summed E-state index contributed by atoms with van der Waals surface area (Å²) in [6.07, 6.45) is 7.30. The summed E-state index contributed by atoms with van der Waals surface area (Å²) >= 11 is 0. The number of para-hydroxylation sites is 8. The van der Waals surface area contributed by atoms with Crippen LogP contribution in [0.4, 0.5) is 0 Å². The van der Waals surface area contributed by atoms with E-state index in [1.54, 1.807) is 0 Å². The van der Waals surface area contributed by atoms with Gasteiger partial charge in [0.15, 0.2) is 44.1 Å². The number of aromatic amines is 8. The van der Waals surface area contributed by atoms with Crippen molar-refractivity contribution in [3.8, 4) is 0 Å². The maximum Gasteiger partial charge on any atom is 0.240 e. The second-order valence-corrected chi connectivity index (χ2v) is 7.91. The molecule has 0 saturated carbocycles. The molecule has 12 heteroatoms. The number of benzene rings is 4. The van der Waals surface area contributed by atoms with Crippen LogP contribution in [0.5, 0.6) is 0 Å². The number of halogens is 4. The number of hydrogen-bond donors (Lipinski definition) is 4. The average molecular weight is 984 g/mol. The Bertz CT molecular complexity index is 1410. The van der Waals surface area contributed by atoms with Gasteiger partial charge in [0.2, 0.25) is 25.3 Å². The Labute approximate surface area is 299 Å². The highest BCUT2D eigenvalue weighted by molar-refractivity contribution is 5.71. The summed E-state index contributed by atoms with van der Waals surface area (Å²) in [5, 5.41) is 0. The van der Waals surface area contributed by atoms with E-state index in [2.05, 4.69) is 39.9 Å². The van der Waals surface area contributed by atoms with Gasteiger partial charge in [-0.1, -0.05) is 48.5 Å². The number of aromatic nitrogens is 8. The Morgan fingerprint density at radius 3 is 0.700 bits per heavy atom. The molecule has 0 unspecified atom stereocenters. The Morgan fingerprint density at radius 2 is 0.500 bits per heavy atom. The lowest BCUT2D eigenvalue weighted by molar-refractivity contribution is -0.344. The molecule has 8 nitrogen and oxygen atoms in total. The molecule has 4 aromatic heterocycles. The summed E-state index contributed by atoms with van der Waals surface area (Å²) < 4.78 is 0. The van der Waals surface area contributed by atoms with Gasteiger partial charge in [0.05, 0.1) is 0 Å². The van der Waals surface area contributed by atoms with Crippen molar-refractivity contribution < 1.29 is 116 Å². The third kappa shape index (κ3) is 9.95. The third-order valence-electron chi connectivity index (χ3n) is 5.53. The van der Waals surface area contributed by atoms with Gasteiger partial charge in [0, 0.05) is 0 Å². The SMILES string of the molecule is [I-].[I-].[I-].[I-].c1ccc2[nH+]c[nH]c2c1.c1ccc2[nH+]c[nH]c2c1.c1ccc2[nH+]c[nH]c2c1.c1ccc2[nH+]c[nH]c2c1. The first-order valence-corrected chi connectivity index (χ1v) is 11.6. The third-order valence-corrected chi connectivity index (χ3v) is 5.53. The first-order valence-electron chi connectivity index (χ1n) is 11.6. The van der Waals surface area contributed by atoms with Crippen LogP contribution >= 0.6 is 0 Å². The number of rotatable bonds is 0. The van der Waals surface area contributed by atoms with Crippen molar-refractivity contribution in [2.24, 2.45) is 0 Å². The Morgan fingerprint density at radius 1 is 0.300 bits per heavy atom. The van der Waals surface area contributed by atoms with Crippen molar-refractivity contribution >= 4 is 44.1 Å². The first kappa shape index (κ1) is 35.7. The Balaban J connectivity index is 0.000000258. The highest BCUT2D eigenvalue weighted by atomic mass is 127. The number of H-pyrrole nitrogens is 8. The molecule has 0 aliphatic carbocycles. The quantitative estimate of drug-likeness (QED) is 0.108. The zero-order valence-electron chi connectivity index (χ0n) is 21.1. The molecule has 40 heavy (non-hydrogen) atoms. The fourth-order valence-electron chi connectivity index (χ4n) is 3.71. The van der Waals surface area contributed by atoms with Gasteiger partial charge in [0.25, 0.3) is 0 Å². The van der Waals surface area contributed by atoms with Crippen LogP contribution in [0.2, 0.25) is 0 Å². The van der Waals surface area contributed by atoms with E-state index in [-0.39, 0.29) is 95.9 Å². The normalized spacial score (nSPS) is 9.20. The fraction of sp³-hybridized carbons (Fsp3) is 0. The van der Waals surface area contributed by atoms with Gasteiger partial charge in [-0.15, -0.1) is 0 Å². The molecule has 8 rings (SSSR count). The molecule has 0 bridgehead atoms. The Hall–Kier alpha value is -2.32. The number of imidazole rings is 4. The van der Waals surface area contributed by atoms with E-state index in [0.29, 0.717) is 0 Å². The zero-order valence-corrected chi connectivity index (χ0v) is 29.7. The molecule has 0 aliphatic heterocycles. The topological polar surface area (TPSA) is 120 Å². The summed E-state index contributed by atoms with van der Waals surface area (Å²) in [5.41, 5.74) is 9.20. The maximum absolute atomic E-state index is 3.06. The van der Waals surface area contributed by atoms with Crippen molar-refractivity contribution in [3.05, 3.63) is 122 Å². The molecule has 0 fully saturated rings. The summed E-state index contributed by atoms with van der Waals surface area (Å²) in [6.45, 7) is 0. The molecule has 0 aliphatic rings. The molecule has 0 radical (unpaired) electrons. The maximum atomic E-state index is 3.06. The van der Waals surface area contributed by atoms with Gasteiger partial charge in [-0.3, -0.25) is 0 Å². The smallest absolute Gasteiger partial charge is 0.240 e. The summed E-state index contributed by atoms with van der Waals surface area (Å²) in [4.78, 5) is 24.5. The number of nitrogens with one attached hydrogen (secondary N) is 8. The molecule has 0 amide bonds. The average Bonchev–Trinajstić information content (AvgIpc) is 3.76. The molecule has 4 heterocycles. The van der Waals surface area contributed by atoms with Gasteiger partial charge in [0.1, 0.15) is 0 Å². The minimum atomic E-state index is 0. The largest absolute Gasteiger partial charge is 1.00 e. The van der Waals surface area contributed by atoms with Gasteiger partial charge in [-0.05, 0) is 48.5 Å². The van der Waals surface area contributed by atoms with Crippen LogP contribution in [0.15, 0.2) is 122 Å². The van der Waals surface area contributed by atoms with Crippen LogP contribution in [0.3, 0.4) is 0 Å². The van der Waals surface area contributed by atoms with Gasteiger partial charge >= 0.3 is 0 Å². The van der Waals surface area contributed by atoms with E-state index >= 15 is 0 Å². The van der Waals surface area contributed by atoms with Crippen LogP contribution in [0.1, 0.15) is 0 Å². The molecule has 8 aromatic rings. The van der Waals surface area contributed by atoms with Crippen molar-refractivity contribution in [3.63, 3.8) is 0 Å². The number of hydrogen-bond acceptors (Lipinski definition) is 0. The highest BCUT2D eigenvalue weighted by Crippen LogP contribution is 2.04. The lowest BCUT2D eigenvalue weighted by atomic mass is 10.3. The number of fused-ring (bicyclic) bond motifs is 4. The van der Waals surface area contributed by atoms with Gasteiger partial charge < -0.3 is 95.9 Å². The second-order valence-electron chi connectivity index (χ2n) is 7.91. The monoisotopic (exact) mass is 984 g/mol. The summed E-state index contributed by atoms with van der Waals surface area (Å²) in [6, 6.07) is 32.3. The minimum Gasteiger partial charge on any atom is -1.00 e. The van der Waals surface area contributed by atoms with Gasteiger partial charge in [-0.25, -0.2) is 39.9 Å². The van der Waals surface area contributed by atoms with E-state index in [4.69, 9.17) is 0 Å². The molecular formula is C28H28I4N8. The Kier molecular flexibility index (Phi) is 16.9. The van der Waals surface area contributed by atoms with E-state index < -0.39 is 0 Å². The standard InChI is InChI=1S/4C7H6N2.4HI/c4*1-2-4-7-6(3-1)8-5-9-7;;;;/h4*1-5H,(H,8,9);4*1H. The summed E-state index contributed by atoms with van der Waals surface area (Å²) in [5.74, 6) is 0. The molecule has 4 aromatic carbocycles. The van der Waals surface area contributed by atoms with E-state index in [1.165, 1.54) is 0 Å².